The molecule has 3 N–H and O–H groups in total. The third-order valence-corrected chi connectivity index (χ3v) is 7.98. The van der Waals surface area contributed by atoms with E-state index in [1.54, 1.807) is 5.32 Å². The minimum atomic E-state index is -5.25. The highest BCUT2D eigenvalue weighted by Gasteiger charge is 2.61. The molecule has 2 saturated carbocycles. The fourth-order valence-electron chi connectivity index (χ4n) is 5.90. The van der Waals surface area contributed by atoms with E-state index in [-0.39, 0.29) is 37.5 Å². The van der Waals surface area contributed by atoms with E-state index in [2.05, 4.69) is 10.6 Å². The molecule has 3 heterocycles. The van der Waals surface area contributed by atoms with E-state index >= 15 is 0 Å². The molecule has 9 nitrogen and oxygen atoms in total. The summed E-state index contributed by atoms with van der Waals surface area (Å²) in [5.74, 6) is -10.2. The maximum absolute atomic E-state index is 14.9. The van der Waals surface area contributed by atoms with Crippen LogP contribution in [0.1, 0.15) is 57.8 Å². The topological polar surface area (TPSA) is 131 Å². The van der Waals surface area contributed by atoms with Crippen LogP contribution in [0.3, 0.4) is 0 Å². The van der Waals surface area contributed by atoms with E-state index in [4.69, 9.17) is 0 Å². The molecule has 5 rings (SSSR count). The largest absolute Gasteiger partial charge is 0.471 e. The first-order valence-corrected chi connectivity index (χ1v) is 12.9. The van der Waals surface area contributed by atoms with Crippen molar-refractivity contribution in [2.45, 2.75) is 94.1 Å². The SMILES string of the molecule is N#C[C@H](C[C@H]1CCCNC1=O)NC(=O)[C@H]1[C@@H]2CC[C@@H](CC2(F)F)N1C(=O)[C@@H](CC1CC1)NC(=O)C(F)(F)F. The Bertz CT molecular complexity index is 1010. The summed E-state index contributed by atoms with van der Waals surface area (Å²) in [6.07, 6.45) is -3.65. The van der Waals surface area contributed by atoms with Gasteiger partial charge in [-0.3, -0.25) is 19.2 Å². The van der Waals surface area contributed by atoms with Gasteiger partial charge < -0.3 is 20.9 Å². The van der Waals surface area contributed by atoms with E-state index < -0.39 is 72.2 Å². The highest BCUT2D eigenvalue weighted by atomic mass is 19.4. The van der Waals surface area contributed by atoms with Gasteiger partial charge in [0.25, 0.3) is 5.92 Å². The zero-order valence-corrected chi connectivity index (χ0v) is 20.5. The standard InChI is InChI=1S/C24H30F5N5O4/c25-23(26)10-15-5-6-16(23)18(20(36)32-14(11-30)9-13-2-1-7-31-19(13)35)34(15)21(37)17(8-12-3-4-12)33-22(38)24(27,28)29/h12-18H,1-10H2,(H,31,35)(H,32,36)(H,33,38)/t13-,14+,15+,16+,17-,18-/m1/s1. The van der Waals surface area contributed by atoms with Crippen molar-refractivity contribution < 1.29 is 41.1 Å². The summed E-state index contributed by atoms with van der Waals surface area (Å²) in [7, 11) is 0. The van der Waals surface area contributed by atoms with Crippen LogP contribution in [-0.4, -0.2) is 71.3 Å². The molecular formula is C24H30F5N5O4. The Morgan fingerprint density at radius 3 is 2.39 bits per heavy atom. The number of carbonyl (C=O) groups excluding carboxylic acids is 4. The second kappa shape index (κ2) is 10.6. The van der Waals surface area contributed by atoms with Gasteiger partial charge in [0.15, 0.2) is 0 Å². The molecule has 2 aliphatic carbocycles. The molecule has 3 saturated heterocycles. The zero-order valence-electron chi connectivity index (χ0n) is 20.5. The van der Waals surface area contributed by atoms with E-state index in [1.807, 2.05) is 6.07 Å². The van der Waals surface area contributed by atoms with Gasteiger partial charge in [0, 0.05) is 24.9 Å². The van der Waals surface area contributed by atoms with Crippen molar-refractivity contribution in [1.29, 1.82) is 5.26 Å². The lowest BCUT2D eigenvalue weighted by Crippen LogP contribution is -2.71. The Morgan fingerprint density at radius 2 is 1.82 bits per heavy atom. The number of carbonyl (C=O) groups is 4. The maximum Gasteiger partial charge on any atom is 0.471 e. The zero-order chi connectivity index (χ0) is 27.8. The van der Waals surface area contributed by atoms with Crippen LogP contribution in [0.4, 0.5) is 22.0 Å². The number of piperidine rings is 3. The van der Waals surface area contributed by atoms with Gasteiger partial charge in [-0.25, -0.2) is 8.78 Å². The molecule has 0 aromatic carbocycles. The van der Waals surface area contributed by atoms with Crippen LogP contribution in [0.5, 0.6) is 0 Å². The van der Waals surface area contributed by atoms with Gasteiger partial charge in [0.2, 0.25) is 17.7 Å². The van der Waals surface area contributed by atoms with Crippen LogP contribution >= 0.6 is 0 Å². The maximum atomic E-state index is 14.9. The molecule has 6 atom stereocenters. The van der Waals surface area contributed by atoms with Crippen LogP contribution in [0, 0.1) is 29.1 Å². The lowest BCUT2D eigenvalue weighted by molar-refractivity contribution is -0.196. The molecule has 4 amide bonds. The van der Waals surface area contributed by atoms with Crippen molar-refractivity contribution in [3.63, 3.8) is 0 Å². The number of fused-ring (bicyclic) bond motifs is 3. The number of hydrogen-bond acceptors (Lipinski definition) is 5. The van der Waals surface area contributed by atoms with E-state index in [0.29, 0.717) is 32.2 Å². The van der Waals surface area contributed by atoms with Crippen LogP contribution in [0.2, 0.25) is 0 Å². The first-order chi connectivity index (χ1) is 17.8. The lowest BCUT2D eigenvalue weighted by atomic mass is 9.71. The summed E-state index contributed by atoms with van der Waals surface area (Å²) in [6.45, 7) is 0.489. The van der Waals surface area contributed by atoms with E-state index in [9.17, 15) is 46.4 Å². The number of alkyl halides is 5. The quantitative estimate of drug-likeness (QED) is 0.399. The summed E-state index contributed by atoms with van der Waals surface area (Å²) in [6, 6.07) is -3.81. The Morgan fingerprint density at radius 1 is 1.11 bits per heavy atom. The fraction of sp³-hybridized carbons (Fsp3) is 0.792. The lowest BCUT2D eigenvalue weighted by Gasteiger charge is -2.54. The predicted molar refractivity (Wildman–Crippen MR) is 120 cm³/mol. The Balaban J connectivity index is 1.56. The minimum Gasteiger partial charge on any atom is -0.356 e. The number of amides is 4. The van der Waals surface area contributed by atoms with Crippen LogP contribution in [-0.2, 0) is 19.2 Å². The van der Waals surface area contributed by atoms with E-state index in [1.165, 1.54) is 0 Å². The second-order valence-electron chi connectivity index (χ2n) is 10.8. The van der Waals surface area contributed by atoms with Gasteiger partial charge in [-0.1, -0.05) is 12.8 Å². The molecule has 3 aliphatic heterocycles. The van der Waals surface area contributed by atoms with Crippen LogP contribution in [0.15, 0.2) is 0 Å². The van der Waals surface area contributed by atoms with Gasteiger partial charge in [-0.2, -0.15) is 18.4 Å². The Labute approximate surface area is 215 Å². The molecule has 5 fully saturated rings. The molecule has 0 radical (unpaired) electrons. The molecule has 0 aromatic rings. The monoisotopic (exact) mass is 547 g/mol. The van der Waals surface area contributed by atoms with Crippen LogP contribution < -0.4 is 16.0 Å². The van der Waals surface area contributed by atoms with Gasteiger partial charge in [-0.15, -0.1) is 0 Å². The van der Waals surface area contributed by atoms with Crippen molar-refractivity contribution in [1.82, 2.24) is 20.9 Å². The van der Waals surface area contributed by atoms with Crippen molar-refractivity contribution in [3.05, 3.63) is 0 Å². The molecule has 0 spiro atoms. The number of rotatable bonds is 8. The molecule has 5 aliphatic rings. The summed E-state index contributed by atoms with van der Waals surface area (Å²) < 4.78 is 68.8. The first kappa shape index (κ1) is 28.0. The molecule has 0 aromatic heterocycles. The third kappa shape index (κ3) is 6.02. The molecule has 14 heteroatoms. The number of nitrogens with zero attached hydrogens (tertiary/aromatic N) is 2. The summed E-state index contributed by atoms with van der Waals surface area (Å²) in [4.78, 5) is 51.6. The third-order valence-electron chi connectivity index (χ3n) is 7.98. The predicted octanol–water partition coefficient (Wildman–Crippen LogP) is 1.77. The van der Waals surface area contributed by atoms with Gasteiger partial charge in [0.05, 0.1) is 12.0 Å². The average Bonchev–Trinajstić information content (AvgIpc) is 3.66. The summed E-state index contributed by atoms with van der Waals surface area (Å²) in [5, 5.41) is 16.4. The fourth-order valence-corrected chi connectivity index (χ4v) is 5.90. The number of halogens is 5. The molecule has 38 heavy (non-hydrogen) atoms. The van der Waals surface area contributed by atoms with Crippen molar-refractivity contribution in [2.75, 3.05) is 6.54 Å². The normalized spacial score (nSPS) is 30.0. The average molecular weight is 548 g/mol. The molecular weight excluding hydrogens is 517 g/mol. The summed E-state index contributed by atoms with van der Waals surface area (Å²) in [5.41, 5.74) is 0. The Hall–Kier alpha value is -2.98. The number of nitriles is 1. The highest BCUT2D eigenvalue weighted by Crippen LogP contribution is 2.49. The van der Waals surface area contributed by atoms with E-state index in [0.717, 1.165) is 4.90 Å². The summed E-state index contributed by atoms with van der Waals surface area (Å²) >= 11 is 0. The molecule has 2 bridgehead atoms. The van der Waals surface area contributed by atoms with Crippen molar-refractivity contribution >= 4 is 23.6 Å². The highest BCUT2D eigenvalue weighted by molar-refractivity contribution is 5.94. The molecule has 210 valence electrons. The van der Waals surface area contributed by atoms with Crippen LogP contribution in [0.25, 0.3) is 0 Å². The van der Waals surface area contributed by atoms with Gasteiger partial charge >= 0.3 is 12.1 Å². The minimum absolute atomic E-state index is 0.0504. The number of nitrogens with one attached hydrogen (secondary N) is 3. The first-order valence-electron chi connectivity index (χ1n) is 12.9. The second-order valence-corrected chi connectivity index (χ2v) is 10.8. The van der Waals surface area contributed by atoms with Crippen molar-refractivity contribution in [3.8, 4) is 6.07 Å². The number of hydrogen-bond donors (Lipinski definition) is 3. The smallest absolute Gasteiger partial charge is 0.356 e. The molecule has 0 unspecified atom stereocenters. The van der Waals surface area contributed by atoms with Gasteiger partial charge in [-0.05, 0) is 44.4 Å². The Kier molecular flexibility index (Phi) is 7.86. The van der Waals surface area contributed by atoms with Gasteiger partial charge in [0.1, 0.15) is 18.1 Å². The van der Waals surface area contributed by atoms with Crippen molar-refractivity contribution in [2.24, 2.45) is 17.8 Å².